The molecule has 3 heteroatoms. The lowest BCUT2D eigenvalue weighted by molar-refractivity contribution is -0.133. The zero-order valence-corrected chi connectivity index (χ0v) is 10.4. The van der Waals surface area contributed by atoms with Gasteiger partial charge in [-0.2, -0.15) is 0 Å². The van der Waals surface area contributed by atoms with Gasteiger partial charge < -0.3 is 10.2 Å². The largest absolute Gasteiger partial charge is 0.343 e. The van der Waals surface area contributed by atoms with Crippen molar-refractivity contribution in [2.45, 2.75) is 51.5 Å². The average Bonchev–Trinajstić information content (AvgIpc) is 2.31. The van der Waals surface area contributed by atoms with Crippen molar-refractivity contribution in [2.24, 2.45) is 5.92 Å². The summed E-state index contributed by atoms with van der Waals surface area (Å²) in [5.74, 6) is 1.17. The van der Waals surface area contributed by atoms with Crippen LogP contribution in [0.3, 0.4) is 0 Å². The van der Waals surface area contributed by atoms with Crippen LogP contribution in [-0.4, -0.2) is 36.5 Å². The highest BCUT2D eigenvalue weighted by Crippen LogP contribution is 2.18. The van der Waals surface area contributed by atoms with Gasteiger partial charge in [0.2, 0.25) is 5.91 Å². The monoisotopic (exact) mass is 224 g/mol. The van der Waals surface area contributed by atoms with Gasteiger partial charge in [-0.15, -0.1) is 0 Å². The number of rotatable bonds is 2. The molecule has 1 unspecified atom stereocenters. The summed E-state index contributed by atoms with van der Waals surface area (Å²) < 4.78 is 0. The number of carbonyl (C=O) groups is 1. The van der Waals surface area contributed by atoms with Gasteiger partial charge >= 0.3 is 0 Å². The Balaban J connectivity index is 1.74. The molecule has 0 aromatic carbocycles. The second kappa shape index (κ2) is 5.67. The second-order valence-electron chi connectivity index (χ2n) is 5.41. The number of amides is 1. The van der Waals surface area contributed by atoms with Crippen LogP contribution in [0.2, 0.25) is 0 Å². The van der Waals surface area contributed by atoms with Crippen molar-refractivity contribution >= 4 is 5.91 Å². The van der Waals surface area contributed by atoms with E-state index in [1.165, 1.54) is 32.1 Å². The Kier molecular flexibility index (Phi) is 4.22. The minimum atomic E-state index is 0.367. The summed E-state index contributed by atoms with van der Waals surface area (Å²) in [6, 6.07) is 0.445. The van der Waals surface area contributed by atoms with Gasteiger partial charge in [0.1, 0.15) is 0 Å². The quantitative estimate of drug-likeness (QED) is 0.775. The van der Waals surface area contributed by atoms with Crippen molar-refractivity contribution in [1.29, 1.82) is 0 Å². The first-order chi connectivity index (χ1) is 7.75. The van der Waals surface area contributed by atoms with Crippen molar-refractivity contribution in [3.05, 3.63) is 0 Å². The van der Waals surface area contributed by atoms with Crippen molar-refractivity contribution in [2.75, 3.05) is 19.6 Å². The molecule has 1 atom stereocenters. The summed E-state index contributed by atoms with van der Waals surface area (Å²) in [6.07, 6.45) is 6.81. The number of hydrogen-bond donors (Lipinski definition) is 1. The van der Waals surface area contributed by atoms with Crippen LogP contribution in [-0.2, 0) is 4.79 Å². The maximum atomic E-state index is 12.1. The Morgan fingerprint density at radius 3 is 2.62 bits per heavy atom. The van der Waals surface area contributed by atoms with Crippen LogP contribution in [0.4, 0.5) is 0 Å². The van der Waals surface area contributed by atoms with Crippen LogP contribution in [0.15, 0.2) is 0 Å². The third-order valence-electron chi connectivity index (χ3n) is 3.97. The van der Waals surface area contributed by atoms with E-state index < -0.39 is 0 Å². The molecule has 0 radical (unpaired) electrons. The third-order valence-corrected chi connectivity index (χ3v) is 3.97. The van der Waals surface area contributed by atoms with E-state index in [2.05, 4.69) is 17.1 Å². The second-order valence-corrected chi connectivity index (χ2v) is 5.41. The average molecular weight is 224 g/mol. The molecule has 0 aliphatic carbocycles. The van der Waals surface area contributed by atoms with Crippen LogP contribution in [0, 0.1) is 5.92 Å². The molecule has 2 fully saturated rings. The molecular weight excluding hydrogens is 200 g/mol. The van der Waals surface area contributed by atoms with Crippen LogP contribution in [0.5, 0.6) is 0 Å². The molecule has 2 heterocycles. The minimum Gasteiger partial charge on any atom is -0.343 e. The lowest BCUT2D eigenvalue weighted by Crippen LogP contribution is -2.43. The zero-order valence-electron chi connectivity index (χ0n) is 10.4. The van der Waals surface area contributed by atoms with E-state index in [1.807, 2.05) is 0 Å². The van der Waals surface area contributed by atoms with Crippen LogP contribution < -0.4 is 5.32 Å². The predicted molar refractivity (Wildman–Crippen MR) is 65.2 cm³/mol. The molecule has 2 aliphatic rings. The third kappa shape index (κ3) is 3.21. The topological polar surface area (TPSA) is 32.3 Å². The summed E-state index contributed by atoms with van der Waals surface area (Å²) in [5.41, 5.74) is 0. The van der Waals surface area contributed by atoms with E-state index >= 15 is 0 Å². The normalized spacial score (nSPS) is 28.1. The molecule has 16 heavy (non-hydrogen) atoms. The van der Waals surface area contributed by atoms with Gasteiger partial charge in [0, 0.05) is 25.6 Å². The number of likely N-dealkylation sites (tertiary alicyclic amines) is 1. The van der Waals surface area contributed by atoms with Gasteiger partial charge in [-0.1, -0.05) is 13.3 Å². The Bertz CT molecular complexity index is 228. The number of carbonyl (C=O) groups excluding carboxylic acids is 1. The highest BCUT2D eigenvalue weighted by Gasteiger charge is 2.23. The number of hydrogen-bond acceptors (Lipinski definition) is 2. The van der Waals surface area contributed by atoms with Crippen LogP contribution in [0.1, 0.15) is 45.4 Å². The van der Waals surface area contributed by atoms with Gasteiger partial charge in [0.15, 0.2) is 0 Å². The molecular formula is C13H24N2O. The number of nitrogens with zero attached hydrogens (tertiary/aromatic N) is 1. The first kappa shape index (κ1) is 11.9. The molecule has 0 aromatic heterocycles. The fraction of sp³-hybridized carbons (Fsp3) is 0.923. The van der Waals surface area contributed by atoms with Crippen molar-refractivity contribution < 1.29 is 4.79 Å². The fourth-order valence-electron chi connectivity index (χ4n) is 2.70. The molecule has 2 aliphatic heterocycles. The number of nitrogens with one attached hydrogen (secondary N) is 1. The van der Waals surface area contributed by atoms with Crippen molar-refractivity contribution in [1.82, 2.24) is 10.2 Å². The molecule has 0 spiro atoms. The summed E-state index contributed by atoms with van der Waals surface area (Å²) in [7, 11) is 0. The first-order valence-corrected chi connectivity index (χ1v) is 6.77. The van der Waals surface area contributed by atoms with E-state index in [0.29, 0.717) is 18.4 Å². The molecule has 2 saturated heterocycles. The minimum absolute atomic E-state index is 0.367. The predicted octanol–water partition coefficient (Wildman–Crippen LogP) is 1.78. The lowest BCUT2D eigenvalue weighted by Gasteiger charge is -2.32. The fourth-order valence-corrected chi connectivity index (χ4v) is 2.70. The maximum Gasteiger partial charge on any atom is 0.224 e. The van der Waals surface area contributed by atoms with Crippen molar-refractivity contribution in [3.8, 4) is 0 Å². The molecule has 0 saturated carbocycles. The van der Waals surface area contributed by atoms with Crippen LogP contribution in [0.25, 0.3) is 0 Å². The van der Waals surface area contributed by atoms with E-state index in [-0.39, 0.29) is 0 Å². The Labute approximate surface area is 98.6 Å². The molecule has 1 amide bonds. The lowest BCUT2D eigenvalue weighted by atomic mass is 9.97. The SMILES string of the molecule is CC1CCN(C(=O)CC2CCCCN2)CC1. The molecule has 2 rings (SSSR count). The molecule has 0 bridgehead atoms. The molecule has 1 N–H and O–H groups in total. The van der Waals surface area contributed by atoms with Crippen LogP contribution >= 0.6 is 0 Å². The van der Waals surface area contributed by atoms with Gasteiger partial charge in [-0.05, 0) is 38.1 Å². The summed E-state index contributed by atoms with van der Waals surface area (Å²) in [5, 5.41) is 3.45. The van der Waals surface area contributed by atoms with Gasteiger partial charge in [-0.25, -0.2) is 0 Å². The number of piperidine rings is 2. The molecule has 92 valence electrons. The Morgan fingerprint density at radius 2 is 2.00 bits per heavy atom. The van der Waals surface area contributed by atoms with Gasteiger partial charge in [0.05, 0.1) is 0 Å². The first-order valence-electron chi connectivity index (χ1n) is 6.77. The van der Waals surface area contributed by atoms with Gasteiger partial charge in [0.25, 0.3) is 0 Å². The maximum absolute atomic E-state index is 12.1. The smallest absolute Gasteiger partial charge is 0.224 e. The molecule has 0 aromatic rings. The van der Waals surface area contributed by atoms with E-state index in [0.717, 1.165) is 25.6 Å². The van der Waals surface area contributed by atoms with Crippen molar-refractivity contribution in [3.63, 3.8) is 0 Å². The highest BCUT2D eigenvalue weighted by atomic mass is 16.2. The van der Waals surface area contributed by atoms with Gasteiger partial charge in [-0.3, -0.25) is 4.79 Å². The summed E-state index contributed by atoms with van der Waals surface area (Å²) >= 11 is 0. The Hall–Kier alpha value is -0.570. The highest BCUT2D eigenvalue weighted by molar-refractivity contribution is 5.76. The Morgan fingerprint density at radius 1 is 1.25 bits per heavy atom. The molecule has 3 nitrogen and oxygen atoms in total. The van der Waals surface area contributed by atoms with E-state index in [1.54, 1.807) is 0 Å². The van der Waals surface area contributed by atoms with E-state index in [4.69, 9.17) is 0 Å². The summed E-state index contributed by atoms with van der Waals surface area (Å²) in [6.45, 7) is 5.33. The zero-order chi connectivity index (χ0) is 11.4. The summed E-state index contributed by atoms with van der Waals surface area (Å²) in [4.78, 5) is 14.1. The standard InChI is InChI=1S/C13H24N2O/c1-11-5-8-15(9-6-11)13(16)10-12-4-2-3-7-14-12/h11-12,14H,2-10H2,1H3. The van der Waals surface area contributed by atoms with E-state index in [9.17, 15) is 4.79 Å².